The SMILES string of the molecule is C=Cc1cccc(S(=O)(=O)[S-])c1C=C.[Na+]. The van der Waals surface area contributed by atoms with E-state index in [0.29, 0.717) is 11.1 Å². The van der Waals surface area contributed by atoms with Gasteiger partial charge in [-0.25, -0.2) is 8.42 Å². The molecule has 1 aromatic carbocycles. The summed E-state index contributed by atoms with van der Waals surface area (Å²) in [6.07, 6.45) is 3.04. The summed E-state index contributed by atoms with van der Waals surface area (Å²) >= 11 is 4.40. The molecule has 0 aromatic heterocycles. The second-order valence-electron chi connectivity index (χ2n) is 2.62. The molecule has 0 saturated heterocycles. The number of rotatable bonds is 3. The Morgan fingerprint density at radius 2 is 1.80 bits per heavy atom. The van der Waals surface area contributed by atoms with E-state index in [1.807, 2.05) is 0 Å². The third-order valence-electron chi connectivity index (χ3n) is 1.79. The van der Waals surface area contributed by atoms with E-state index in [1.165, 1.54) is 12.1 Å². The van der Waals surface area contributed by atoms with Gasteiger partial charge < -0.3 is 11.7 Å². The maximum Gasteiger partial charge on any atom is 1.00 e. The van der Waals surface area contributed by atoms with Crippen LogP contribution in [0.2, 0.25) is 0 Å². The maximum atomic E-state index is 11.2. The average Bonchev–Trinajstić information content (AvgIpc) is 2.15. The first-order valence-corrected chi connectivity index (χ1v) is 6.25. The quantitative estimate of drug-likeness (QED) is 0.399. The van der Waals surface area contributed by atoms with Crippen LogP contribution in [0.5, 0.6) is 0 Å². The molecular formula is C10H9NaO2S2. The van der Waals surface area contributed by atoms with E-state index >= 15 is 0 Å². The first-order valence-electron chi connectivity index (χ1n) is 3.84. The summed E-state index contributed by atoms with van der Waals surface area (Å²) in [5.74, 6) is 0. The predicted octanol–water partition coefficient (Wildman–Crippen LogP) is -0.788. The van der Waals surface area contributed by atoms with E-state index in [-0.39, 0.29) is 34.5 Å². The zero-order valence-electron chi connectivity index (χ0n) is 8.43. The van der Waals surface area contributed by atoms with Crippen molar-refractivity contribution in [3.05, 3.63) is 42.5 Å². The van der Waals surface area contributed by atoms with Crippen LogP contribution in [0.1, 0.15) is 11.1 Å². The van der Waals surface area contributed by atoms with Gasteiger partial charge >= 0.3 is 29.6 Å². The molecule has 0 aliphatic carbocycles. The number of hydrogen-bond donors (Lipinski definition) is 0. The summed E-state index contributed by atoms with van der Waals surface area (Å²) in [4.78, 5) is 0.111. The smallest absolute Gasteiger partial charge is 0.644 e. The molecule has 0 aliphatic heterocycles. The molecule has 0 aliphatic rings. The van der Waals surface area contributed by atoms with Gasteiger partial charge in [-0.3, -0.25) is 0 Å². The minimum Gasteiger partial charge on any atom is -0.644 e. The van der Waals surface area contributed by atoms with Gasteiger partial charge in [0.1, 0.15) is 0 Å². The van der Waals surface area contributed by atoms with E-state index in [0.717, 1.165) is 0 Å². The molecule has 0 saturated carbocycles. The summed E-state index contributed by atoms with van der Waals surface area (Å²) in [5.41, 5.74) is 1.23. The molecule has 0 atom stereocenters. The Balaban J connectivity index is 0.00000196. The van der Waals surface area contributed by atoms with Gasteiger partial charge in [-0.15, -0.1) is 0 Å². The van der Waals surface area contributed by atoms with Crippen molar-refractivity contribution < 1.29 is 38.0 Å². The standard InChI is InChI=1S/C10H10O2S2.Na/c1-3-8-6-5-7-10(9(8)4-2)14(11,12)13;/h3-7H,1-2H2,(H,11,12,13);/q;+1/p-1. The summed E-state index contributed by atoms with van der Waals surface area (Å²) in [5, 5.41) is 0. The van der Waals surface area contributed by atoms with E-state index in [4.69, 9.17) is 0 Å². The molecule has 0 N–H and O–H groups in total. The zero-order chi connectivity index (χ0) is 10.8. The van der Waals surface area contributed by atoms with Crippen molar-refractivity contribution in [2.75, 3.05) is 0 Å². The van der Waals surface area contributed by atoms with Crippen LogP contribution in [-0.2, 0) is 20.5 Å². The molecule has 0 heterocycles. The molecule has 15 heavy (non-hydrogen) atoms. The minimum atomic E-state index is -3.61. The first kappa shape index (κ1) is 15.0. The molecule has 0 amide bonds. The van der Waals surface area contributed by atoms with Crippen LogP contribution in [-0.4, -0.2) is 8.42 Å². The van der Waals surface area contributed by atoms with Crippen molar-refractivity contribution in [3.8, 4) is 0 Å². The number of hydrogen-bond acceptors (Lipinski definition) is 3. The van der Waals surface area contributed by atoms with Gasteiger partial charge in [-0.2, -0.15) is 0 Å². The minimum absolute atomic E-state index is 0. The van der Waals surface area contributed by atoms with Gasteiger partial charge in [0.05, 0.1) is 13.8 Å². The van der Waals surface area contributed by atoms with Crippen molar-refractivity contribution in [3.63, 3.8) is 0 Å². The monoisotopic (exact) mass is 248 g/mol. The fourth-order valence-corrected chi connectivity index (χ4v) is 2.33. The number of benzene rings is 1. The van der Waals surface area contributed by atoms with Crippen molar-refractivity contribution in [1.29, 1.82) is 0 Å². The Morgan fingerprint density at radius 3 is 2.20 bits per heavy atom. The van der Waals surface area contributed by atoms with E-state index in [1.54, 1.807) is 18.2 Å². The Kier molecular flexibility index (Phi) is 5.92. The van der Waals surface area contributed by atoms with Crippen LogP contribution >= 0.6 is 0 Å². The molecule has 0 spiro atoms. The second-order valence-corrected chi connectivity index (χ2v) is 5.29. The van der Waals surface area contributed by atoms with Crippen LogP contribution in [0.25, 0.3) is 12.2 Å². The van der Waals surface area contributed by atoms with E-state index in [9.17, 15) is 8.42 Å². The summed E-state index contributed by atoms with van der Waals surface area (Å²) in [6, 6.07) is 4.85. The third-order valence-corrected chi connectivity index (χ3v) is 3.23. The van der Waals surface area contributed by atoms with Gasteiger partial charge in [-0.05, 0) is 17.2 Å². The van der Waals surface area contributed by atoms with Gasteiger partial charge in [-0.1, -0.05) is 37.4 Å². The summed E-state index contributed by atoms with van der Waals surface area (Å²) < 4.78 is 22.4. The molecule has 5 heteroatoms. The van der Waals surface area contributed by atoms with Crippen molar-refractivity contribution in [1.82, 2.24) is 0 Å². The normalized spacial score (nSPS) is 10.2. The molecule has 74 valence electrons. The molecule has 1 rings (SSSR count). The molecular weight excluding hydrogens is 239 g/mol. The van der Waals surface area contributed by atoms with Crippen LogP contribution in [0.4, 0.5) is 0 Å². The Labute approximate surface area is 117 Å². The van der Waals surface area contributed by atoms with E-state index in [2.05, 4.69) is 24.8 Å². The summed E-state index contributed by atoms with van der Waals surface area (Å²) in [6.45, 7) is 7.14. The molecule has 1 aromatic rings. The van der Waals surface area contributed by atoms with Crippen LogP contribution < -0.4 is 29.6 Å². The maximum absolute atomic E-state index is 11.2. The van der Waals surface area contributed by atoms with Crippen LogP contribution in [0, 0.1) is 0 Å². The van der Waals surface area contributed by atoms with E-state index < -0.39 is 8.87 Å². The largest absolute Gasteiger partial charge is 1.00 e. The first-order chi connectivity index (χ1) is 6.50. The van der Waals surface area contributed by atoms with Gasteiger partial charge in [0.2, 0.25) is 0 Å². The molecule has 0 bridgehead atoms. The van der Waals surface area contributed by atoms with Gasteiger partial charge in [0, 0.05) is 0 Å². The topological polar surface area (TPSA) is 34.1 Å². The Hall–Kier alpha value is 0. The predicted molar refractivity (Wildman–Crippen MR) is 61.2 cm³/mol. The average molecular weight is 248 g/mol. The van der Waals surface area contributed by atoms with Gasteiger partial charge in [0.25, 0.3) is 0 Å². The summed E-state index contributed by atoms with van der Waals surface area (Å²) in [7, 11) is -3.61. The van der Waals surface area contributed by atoms with Gasteiger partial charge in [0.15, 0.2) is 0 Å². The molecule has 0 fully saturated rings. The molecule has 0 radical (unpaired) electrons. The second kappa shape index (κ2) is 5.92. The Morgan fingerprint density at radius 1 is 1.20 bits per heavy atom. The molecule has 0 unspecified atom stereocenters. The van der Waals surface area contributed by atoms with Crippen molar-refractivity contribution >= 4 is 32.7 Å². The van der Waals surface area contributed by atoms with Crippen LogP contribution in [0.15, 0.2) is 36.3 Å². The third kappa shape index (κ3) is 3.50. The molecule has 2 nitrogen and oxygen atoms in total. The van der Waals surface area contributed by atoms with Crippen LogP contribution in [0.3, 0.4) is 0 Å². The fourth-order valence-electron chi connectivity index (χ4n) is 1.18. The fraction of sp³-hybridized carbons (Fsp3) is 0. The Bertz CT molecular complexity index is 478. The van der Waals surface area contributed by atoms with Crippen molar-refractivity contribution in [2.24, 2.45) is 0 Å². The zero-order valence-corrected chi connectivity index (χ0v) is 12.1. The van der Waals surface area contributed by atoms with Crippen molar-refractivity contribution in [2.45, 2.75) is 4.90 Å².